The number of nitrogens with one attached hydrogen (secondary N) is 1. The molecule has 0 aliphatic rings. The lowest BCUT2D eigenvalue weighted by Crippen LogP contribution is -2.25. The smallest absolute Gasteiger partial charge is 0.292 e. The maximum absolute atomic E-state index is 14.0. The Hall–Kier alpha value is -2.99. The molecule has 0 spiro atoms. The normalized spacial score (nSPS) is 11.6. The van der Waals surface area contributed by atoms with Crippen molar-refractivity contribution in [1.82, 2.24) is 15.5 Å². The molecule has 0 aliphatic heterocycles. The topological polar surface area (TPSA) is 68.0 Å². The molecule has 3 rings (SSSR count). The minimum Gasteiger partial charge on any atom is -0.349 e. The molecule has 0 unspecified atom stereocenters. The van der Waals surface area contributed by atoms with Crippen LogP contribution >= 0.6 is 11.6 Å². The maximum Gasteiger partial charge on any atom is 0.292 e. The van der Waals surface area contributed by atoms with Crippen LogP contribution in [0.2, 0.25) is 5.02 Å². The monoisotopic (exact) mass is 441 g/mol. The van der Waals surface area contributed by atoms with Crippen molar-refractivity contribution < 1.29 is 13.7 Å². The Bertz CT molecular complexity index is 1110. The molecule has 1 N–H and O–H groups in total. The summed E-state index contributed by atoms with van der Waals surface area (Å²) in [5, 5.41) is 7.22. The highest BCUT2D eigenvalue weighted by Crippen LogP contribution is 2.25. The van der Waals surface area contributed by atoms with E-state index in [0.29, 0.717) is 23.6 Å². The second-order valence-electron chi connectivity index (χ2n) is 7.39. The number of nitrogens with zero attached hydrogens (tertiary/aromatic N) is 2. The number of carbonyl (C=O) groups is 1. The first-order valence-corrected chi connectivity index (χ1v) is 10.6. The highest BCUT2D eigenvalue weighted by Gasteiger charge is 2.16. The van der Waals surface area contributed by atoms with E-state index in [1.54, 1.807) is 6.07 Å². The number of hydrogen-bond acceptors (Lipinski definition) is 4. The Morgan fingerprint density at radius 1 is 1.23 bits per heavy atom. The van der Waals surface area contributed by atoms with E-state index in [0.717, 1.165) is 28.7 Å². The molecule has 3 aromatic rings. The van der Waals surface area contributed by atoms with Crippen molar-refractivity contribution >= 4 is 23.1 Å². The van der Waals surface area contributed by atoms with Crippen LogP contribution in [0, 0.1) is 19.7 Å². The van der Waals surface area contributed by atoms with Crippen LogP contribution < -0.4 is 5.32 Å². The fraction of sp³-hybridized carbons (Fsp3) is 0.292. The van der Waals surface area contributed by atoms with Crippen molar-refractivity contribution in [3.05, 3.63) is 87.3 Å². The maximum atomic E-state index is 14.0. The van der Waals surface area contributed by atoms with Crippen LogP contribution in [-0.2, 0) is 6.42 Å². The lowest BCUT2D eigenvalue weighted by molar-refractivity contribution is 0.0941. The van der Waals surface area contributed by atoms with E-state index >= 15 is 0 Å². The molecule has 31 heavy (non-hydrogen) atoms. The fourth-order valence-electron chi connectivity index (χ4n) is 3.30. The molecule has 1 amide bonds. The first-order valence-electron chi connectivity index (χ1n) is 10.2. The van der Waals surface area contributed by atoms with Gasteiger partial charge in [0.15, 0.2) is 0 Å². The largest absolute Gasteiger partial charge is 0.349 e. The van der Waals surface area contributed by atoms with Gasteiger partial charge in [-0.25, -0.2) is 4.39 Å². The van der Waals surface area contributed by atoms with Gasteiger partial charge in [-0.1, -0.05) is 48.0 Å². The molecule has 0 bridgehead atoms. The van der Waals surface area contributed by atoms with Crippen LogP contribution in [0.15, 0.2) is 47.0 Å². The van der Waals surface area contributed by atoms with Gasteiger partial charge in [-0.05, 0) is 72.7 Å². The molecule has 162 valence electrons. The number of rotatable bonds is 8. The first kappa shape index (κ1) is 22.7. The highest BCUT2D eigenvalue weighted by atomic mass is 35.5. The number of hydrogen-bond donors (Lipinski definition) is 1. The zero-order valence-corrected chi connectivity index (χ0v) is 18.6. The van der Waals surface area contributed by atoms with E-state index in [-0.39, 0.29) is 24.0 Å². The van der Waals surface area contributed by atoms with Gasteiger partial charge in [0, 0.05) is 11.6 Å². The van der Waals surface area contributed by atoms with E-state index in [4.69, 9.17) is 16.1 Å². The lowest BCUT2D eigenvalue weighted by atomic mass is 9.97. The Morgan fingerprint density at radius 3 is 2.77 bits per heavy atom. The summed E-state index contributed by atoms with van der Waals surface area (Å²) in [7, 11) is 0. The van der Waals surface area contributed by atoms with Gasteiger partial charge < -0.3 is 9.84 Å². The molecule has 7 heteroatoms. The van der Waals surface area contributed by atoms with Crippen molar-refractivity contribution in [3.63, 3.8) is 0 Å². The summed E-state index contributed by atoms with van der Waals surface area (Å²) < 4.78 is 19.1. The summed E-state index contributed by atoms with van der Waals surface area (Å²) in [5.74, 6) is -0.648. The number of benzene rings is 2. The van der Waals surface area contributed by atoms with Gasteiger partial charge in [-0.15, -0.1) is 0 Å². The van der Waals surface area contributed by atoms with Crippen molar-refractivity contribution in [2.24, 2.45) is 0 Å². The summed E-state index contributed by atoms with van der Waals surface area (Å²) in [5.41, 5.74) is 4.59. The highest BCUT2D eigenvalue weighted by molar-refractivity contribution is 6.30. The zero-order valence-electron chi connectivity index (χ0n) is 17.8. The molecule has 0 fully saturated rings. The van der Waals surface area contributed by atoms with Crippen molar-refractivity contribution in [2.45, 2.75) is 40.0 Å². The van der Waals surface area contributed by atoms with Crippen molar-refractivity contribution in [3.8, 4) is 0 Å². The molecule has 0 saturated heterocycles. The summed E-state index contributed by atoms with van der Waals surface area (Å²) in [6, 6.07) is 10.7. The van der Waals surface area contributed by atoms with Crippen LogP contribution in [-0.4, -0.2) is 22.6 Å². The standard InChI is InChI=1S/C24H25ClFN3O2/c1-4-5-17(20-14-19(25)9-7-16(20)3)10-11-27-24(30)23-28-22(31-29-23)13-18-8-6-15(2)12-21(18)26/h5-9,12,14H,4,10-11,13H2,1-3H3,(H,27,30)/b17-5-. The molecule has 5 nitrogen and oxygen atoms in total. The molecular weight excluding hydrogens is 417 g/mol. The van der Waals surface area contributed by atoms with Crippen LogP contribution in [0.1, 0.15) is 58.5 Å². The minimum absolute atomic E-state index is 0.0672. The number of halogens is 2. The van der Waals surface area contributed by atoms with Gasteiger partial charge in [0.1, 0.15) is 5.82 Å². The Labute approximate surface area is 186 Å². The summed E-state index contributed by atoms with van der Waals surface area (Å²) >= 11 is 6.16. The van der Waals surface area contributed by atoms with Gasteiger partial charge in [0.05, 0.1) is 6.42 Å². The molecule has 0 aliphatic carbocycles. The second-order valence-corrected chi connectivity index (χ2v) is 7.82. The average Bonchev–Trinajstić information content (AvgIpc) is 3.20. The number of aromatic nitrogens is 2. The van der Waals surface area contributed by atoms with Crippen LogP contribution in [0.25, 0.3) is 5.57 Å². The Balaban J connectivity index is 1.60. The van der Waals surface area contributed by atoms with Crippen LogP contribution in [0.3, 0.4) is 0 Å². The fourth-order valence-corrected chi connectivity index (χ4v) is 3.47. The van der Waals surface area contributed by atoms with E-state index < -0.39 is 5.91 Å². The summed E-state index contributed by atoms with van der Waals surface area (Å²) in [4.78, 5) is 16.5. The molecule has 0 radical (unpaired) electrons. The van der Waals surface area contributed by atoms with Crippen molar-refractivity contribution in [1.29, 1.82) is 0 Å². The minimum atomic E-state index is -0.432. The molecular formula is C24H25ClFN3O2. The predicted molar refractivity (Wildman–Crippen MR) is 120 cm³/mol. The van der Waals surface area contributed by atoms with E-state index in [1.807, 2.05) is 38.1 Å². The lowest BCUT2D eigenvalue weighted by Gasteiger charge is -2.12. The second kappa shape index (κ2) is 10.4. The molecule has 0 saturated carbocycles. The average molecular weight is 442 g/mol. The third kappa shape index (κ3) is 6.01. The quantitative estimate of drug-likeness (QED) is 0.488. The number of aryl methyl sites for hydroxylation is 2. The zero-order chi connectivity index (χ0) is 22.4. The van der Waals surface area contributed by atoms with Crippen LogP contribution in [0.5, 0.6) is 0 Å². The van der Waals surface area contributed by atoms with Gasteiger partial charge in [-0.3, -0.25) is 4.79 Å². The third-order valence-corrected chi connectivity index (χ3v) is 5.13. The summed E-state index contributed by atoms with van der Waals surface area (Å²) in [6.07, 6.45) is 3.77. The molecule has 1 aromatic heterocycles. The summed E-state index contributed by atoms with van der Waals surface area (Å²) in [6.45, 7) is 6.32. The SMILES string of the molecule is CC/C=C(/CCNC(=O)c1noc(Cc2ccc(C)cc2F)n1)c1cc(Cl)ccc1C. The number of allylic oxidation sites excluding steroid dienone is 1. The van der Waals surface area contributed by atoms with E-state index in [2.05, 4.69) is 28.5 Å². The van der Waals surface area contributed by atoms with E-state index in [9.17, 15) is 9.18 Å². The van der Waals surface area contributed by atoms with Gasteiger partial charge >= 0.3 is 0 Å². The van der Waals surface area contributed by atoms with E-state index in [1.165, 1.54) is 6.07 Å². The van der Waals surface area contributed by atoms with Crippen molar-refractivity contribution in [2.75, 3.05) is 6.54 Å². The first-order chi connectivity index (χ1) is 14.9. The van der Waals surface area contributed by atoms with Crippen LogP contribution in [0.4, 0.5) is 4.39 Å². The number of carbonyl (C=O) groups excluding carboxylic acids is 1. The third-order valence-electron chi connectivity index (χ3n) is 4.90. The Morgan fingerprint density at radius 2 is 2.03 bits per heavy atom. The van der Waals surface area contributed by atoms with Gasteiger partial charge in [-0.2, -0.15) is 4.98 Å². The Kier molecular flexibility index (Phi) is 7.58. The molecule has 2 aromatic carbocycles. The molecule has 0 atom stereocenters. The predicted octanol–water partition coefficient (Wildman–Crippen LogP) is 5.68. The van der Waals surface area contributed by atoms with Gasteiger partial charge in [0.2, 0.25) is 5.89 Å². The molecule has 1 heterocycles. The number of amides is 1. The van der Waals surface area contributed by atoms with Gasteiger partial charge in [0.25, 0.3) is 11.7 Å².